The standard InChI is InChI=1S/C15H19NO/c1-10-2-5-15-12(6-10)9-14(17-15)8-11-3-4-13(16)7-11/h2,5-7,13-14H,3-4,8-9,16H2,1H3. The van der Waals surface area contributed by atoms with Crippen molar-refractivity contribution in [1.82, 2.24) is 0 Å². The lowest BCUT2D eigenvalue weighted by molar-refractivity contribution is 0.232. The smallest absolute Gasteiger partial charge is 0.123 e. The maximum atomic E-state index is 5.98. The lowest BCUT2D eigenvalue weighted by atomic mass is 10.0. The zero-order chi connectivity index (χ0) is 11.8. The fraction of sp³-hybridized carbons (Fsp3) is 0.467. The average molecular weight is 229 g/mol. The van der Waals surface area contributed by atoms with Crippen LogP contribution in [0.25, 0.3) is 0 Å². The van der Waals surface area contributed by atoms with Gasteiger partial charge >= 0.3 is 0 Å². The van der Waals surface area contributed by atoms with Gasteiger partial charge in [-0.25, -0.2) is 0 Å². The molecule has 3 rings (SSSR count). The monoisotopic (exact) mass is 229 g/mol. The summed E-state index contributed by atoms with van der Waals surface area (Å²) in [5.74, 6) is 1.07. The van der Waals surface area contributed by atoms with Crippen LogP contribution in [-0.2, 0) is 6.42 Å². The lowest BCUT2D eigenvalue weighted by Crippen LogP contribution is -2.13. The van der Waals surface area contributed by atoms with E-state index < -0.39 is 0 Å². The Morgan fingerprint density at radius 1 is 1.41 bits per heavy atom. The summed E-state index contributed by atoms with van der Waals surface area (Å²) >= 11 is 0. The van der Waals surface area contributed by atoms with Crippen molar-refractivity contribution in [2.45, 2.75) is 44.8 Å². The number of ether oxygens (including phenoxy) is 1. The number of fused-ring (bicyclic) bond motifs is 1. The first-order valence-corrected chi connectivity index (χ1v) is 6.42. The highest BCUT2D eigenvalue weighted by Crippen LogP contribution is 2.33. The van der Waals surface area contributed by atoms with Gasteiger partial charge in [0.05, 0.1) is 0 Å². The number of rotatable bonds is 2. The summed E-state index contributed by atoms with van der Waals surface area (Å²) in [6, 6.07) is 6.73. The Morgan fingerprint density at radius 2 is 2.29 bits per heavy atom. The number of nitrogens with two attached hydrogens (primary N) is 1. The maximum Gasteiger partial charge on any atom is 0.123 e. The Kier molecular flexibility index (Phi) is 2.67. The van der Waals surface area contributed by atoms with Gasteiger partial charge in [-0.15, -0.1) is 0 Å². The van der Waals surface area contributed by atoms with Crippen LogP contribution in [-0.4, -0.2) is 12.1 Å². The second-order valence-electron chi connectivity index (χ2n) is 5.29. The highest BCUT2D eigenvalue weighted by Gasteiger charge is 2.25. The van der Waals surface area contributed by atoms with Gasteiger partial charge in [0.1, 0.15) is 11.9 Å². The topological polar surface area (TPSA) is 35.2 Å². The molecule has 1 heterocycles. The molecule has 0 saturated carbocycles. The average Bonchev–Trinajstić information content (AvgIpc) is 2.84. The molecular formula is C15H19NO. The normalized spacial score (nSPS) is 26.6. The third-order valence-electron chi connectivity index (χ3n) is 3.70. The Hall–Kier alpha value is -1.28. The summed E-state index contributed by atoms with van der Waals surface area (Å²) < 4.78 is 5.98. The van der Waals surface area contributed by atoms with Gasteiger partial charge in [-0.2, -0.15) is 0 Å². The molecule has 1 aliphatic heterocycles. The molecule has 0 aromatic heterocycles. The summed E-state index contributed by atoms with van der Waals surface area (Å²) in [4.78, 5) is 0. The third-order valence-corrected chi connectivity index (χ3v) is 3.70. The Balaban J connectivity index is 1.68. The molecule has 90 valence electrons. The van der Waals surface area contributed by atoms with Gasteiger partial charge < -0.3 is 10.5 Å². The van der Waals surface area contributed by atoms with Crippen molar-refractivity contribution in [2.75, 3.05) is 0 Å². The highest BCUT2D eigenvalue weighted by atomic mass is 16.5. The van der Waals surface area contributed by atoms with Gasteiger partial charge in [-0.3, -0.25) is 0 Å². The van der Waals surface area contributed by atoms with Crippen LogP contribution in [0.3, 0.4) is 0 Å². The fourth-order valence-electron chi connectivity index (χ4n) is 2.85. The Labute approximate surface area is 102 Å². The van der Waals surface area contributed by atoms with E-state index in [9.17, 15) is 0 Å². The third kappa shape index (κ3) is 2.22. The second kappa shape index (κ2) is 4.19. The van der Waals surface area contributed by atoms with E-state index in [0.717, 1.165) is 31.4 Å². The van der Waals surface area contributed by atoms with E-state index in [4.69, 9.17) is 10.5 Å². The molecule has 2 unspecified atom stereocenters. The molecule has 2 atom stereocenters. The molecule has 0 spiro atoms. The van der Waals surface area contributed by atoms with Crippen molar-refractivity contribution in [1.29, 1.82) is 0 Å². The van der Waals surface area contributed by atoms with Crippen molar-refractivity contribution in [3.63, 3.8) is 0 Å². The molecule has 1 aromatic rings. The summed E-state index contributed by atoms with van der Waals surface area (Å²) in [5, 5.41) is 0. The van der Waals surface area contributed by atoms with E-state index in [-0.39, 0.29) is 6.04 Å². The van der Waals surface area contributed by atoms with E-state index >= 15 is 0 Å². The van der Waals surface area contributed by atoms with Crippen LogP contribution >= 0.6 is 0 Å². The molecule has 0 amide bonds. The van der Waals surface area contributed by atoms with E-state index in [1.54, 1.807) is 0 Å². The zero-order valence-electron chi connectivity index (χ0n) is 10.3. The summed E-state index contributed by atoms with van der Waals surface area (Å²) in [5.41, 5.74) is 10.0. The van der Waals surface area contributed by atoms with E-state index in [1.165, 1.54) is 16.7 Å². The van der Waals surface area contributed by atoms with Gasteiger partial charge in [0.25, 0.3) is 0 Å². The molecule has 2 aliphatic rings. The first-order chi connectivity index (χ1) is 8.20. The molecule has 2 heteroatoms. The first-order valence-electron chi connectivity index (χ1n) is 6.42. The Bertz CT molecular complexity index is 464. The van der Waals surface area contributed by atoms with Gasteiger partial charge in [-0.1, -0.05) is 29.3 Å². The predicted molar refractivity (Wildman–Crippen MR) is 69.2 cm³/mol. The van der Waals surface area contributed by atoms with E-state index in [0.29, 0.717) is 6.10 Å². The minimum absolute atomic E-state index is 0.274. The number of hydrogen-bond donors (Lipinski definition) is 1. The highest BCUT2D eigenvalue weighted by molar-refractivity contribution is 5.40. The van der Waals surface area contributed by atoms with Gasteiger partial charge in [0.2, 0.25) is 0 Å². The Morgan fingerprint density at radius 3 is 3.06 bits per heavy atom. The van der Waals surface area contributed by atoms with Crippen LogP contribution in [0.2, 0.25) is 0 Å². The minimum atomic E-state index is 0.274. The number of aryl methyl sites for hydroxylation is 1. The SMILES string of the molecule is Cc1ccc2c(c1)CC(CC1=CC(N)CC1)O2. The van der Waals surface area contributed by atoms with Crippen LogP contribution in [0.4, 0.5) is 0 Å². The van der Waals surface area contributed by atoms with E-state index in [1.807, 2.05) is 0 Å². The predicted octanol–water partition coefficient (Wildman–Crippen LogP) is 2.74. The maximum absolute atomic E-state index is 5.98. The minimum Gasteiger partial charge on any atom is -0.489 e. The lowest BCUT2D eigenvalue weighted by Gasteiger charge is -2.10. The van der Waals surface area contributed by atoms with Gasteiger partial charge in [0, 0.05) is 18.9 Å². The van der Waals surface area contributed by atoms with Crippen LogP contribution in [0.1, 0.15) is 30.4 Å². The molecular weight excluding hydrogens is 210 g/mol. The zero-order valence-corrected chi connectivity index (χ0v) is 10.3. The molecule has 2 N–H and O–H groups in total. The van der Waals surface area contributed by atoms with Crippen molar-refractivity contribution in [3.8, 4) is 5.75 Å². The largest absolute Gasteiger partial charge is 0.489 e. The summed E-state index contributed by atoms with van der Waals surface area (Å²) in [6.07, 6.45) is 6.89. The molecule has 0 bridgehead atoms. The van der Waals surface area contributed by atoms with Crippen molar-refractivity contribution < 1.29 is 4.74 Å². The summed E-state index contributed by atoms with van der Waals surface area (Å²) in [6.45, 7) is 2.13. The molecule has 17 heavy (non-hydrogen) atoms. The van der Waals surface area contributed by atoms with Crippen molar-refractivity contribution in [2.24, 2.45) is 5.73 Å². The fourth-order valence-corrected chi connectivity index (χ4v) is 2.85. The summed E-state index contributed by atoms with van der Waals surface area (Å²) in [7, 11) is 0. The first kappa shape index (κ1) is 10.8. The number of hydrogen-bond acceptors (Lipinski definition) is 2. The second-order valence-corrected chi connectivity index (χ2v) is 5.29. The molecule has 1 aliphatic carbocycles. The molecule has 0 radical (unpaired) electrons. The van der Waals surface area contributed by atoms with Crippen LogP contribution in [0.15, 0.2) is 29.8 Å². The van der Waals surface area contributed by atoms with Crippen LogP contribution in [0, 0.1) is 6.92 Å². The molecule has 2 nitrogen and oxygen atoms in total. The van der Waals surface area contributed by atoms with E-state index in [2.05, 4.69) is 31.2 Å². The quantitative estimate of drug-likeness (QED) is 0.791. The molecule has 1 aromatic carbocycles. The molecule has 0 fully saturated rings. The van der Waals surface area contributed by atoms with Crippen LogP contribution < -0.4 is 10.5 Å². The van der Waals surface area contributed by atoms with Crippen molar-refractivity contribution >= 4 is 0 Å². The van der Waals surface area contributed by atoms with Gasteiger partial charge in [-0.05, 0) is 31.4 Å². The van der Waals surface area contributed by atoms with Gasteiger partial charge in [0.15, 0.2) is 0 Å². The number of benzene rings is 1. The van der Waals surface area contributed by atoms with Crippen LogP contribution in [0.5, 0.6) is 5.75 Å². The van der Waals surface area contributed by atoms with Crippen molar-refractivity contribution in [3.05, 3.63) is 41.0 Å². The molecule has 0 saturated heterocycles.